The number of hydrogen-bond donors (Lipinski definition) is 2. The molecule has 0 aromatic rings. The van der Waals surface area contributed by atoms with E-state index in [0.717, 1.165) is 0 Å². The van der Waals surface area contributed by atoms with Crippen molar-refractivity contribution in [3.8, 4) is 0 Å². The van der Waals surface area contributed by atoms with Crippen LogP contribution in [0.1, 0.15) is 27.7 Å². The Labute approximate surface area is 108 Å². The molecule has 0 amide bonds. The van der Waals surface area contributed by atoms with E-state index >= 15 is 0 Å². The molecule has 6 nitrogen and oxygen atoms in total. The summed E-state index contributed by atoms with van der Waals surface area (Å²) in [5.74, 6) is -2.26. The normalized spacial score (nSPS) is 41.0. The lowest BCUT2D eigenvalue weighted by Gasteiger charge is -2.52. The molecule has 1 heterocycles. The van der Waals surface area contributed by atoms with E-state index < -0.39 is 23.8 Å². The van der Waals surface area contributed by atoms with Crippen LogP contribution in [-0.2, 0) is 18.9 Å². The molecule has 108 valence electrons. The van der Waals surface area contributed by atoms with Crippen LogP contribution in [0.3, 0.4) is 0 Å². The summed E-state index contributed by atoms with van der Waals surface area (Å²) in [5, 5.41) is 18.6. The smallest absolute Gasteiger partial charge is 0.220 e. The van der Waals surface area contributed by atoms with Crippen molar-refractivity contribution in [2.24, 2.45) is 0 Å². The van der Waals surface area contributed by atoms with E-state index in [-0.39, 0.29) is 13.2 Å². The minimum absolute atomic E-state index is 0.254. The van der Waals surface area contributed by atoms with Crippen molar-refractivity contribution in [1.29, 1.82) is 0 Å². The molecule has 18 heavy (non-hydrogen) atoms. The van der Waals surface area contributed by atoms with Gasteiger partial charge in [0.2, 0.25) is 11.6 Å². The van der Waals surface area contributed by atoms with Gasteiger partial charge in [-0.2, -0.15) is 0 Å². The summed E-state index contributed by atoms with van der Waals surface area (Å²) >= 11 is 0. The highest BCUT2D eigenvalue weighted by Gasteiger charge is 2.57. The van der Waals surface area contributed by atoms with Crippen molar-refractivity contribution in [3.05, 3.63) is 0 Å². The average molecular weight is 264 g/mol. The Bertz CT molecular complexity index is 235. The summed E-state index contributed by atoms with van der Waals surface area (Å²) in [4.78, 5) is 0. The number of hydrogen-bond acceptors (Lipinski definition) is 6. The van der Waals surface area contributed by atoms with Gasteiger partial charge in [0.1, 0.15) is 12.2 Å². The largest absolute Gasteiger partial charge is 0.394 e. The zero-order valence-corrected chi connectivity index (χ0v) is 11.5. The van der Waals surface area contributed by atoms with Crippen molar-refractivity contribution in [2.45, 2.75) is 51.5 Å². The molecule has 6 heteroatoms. The molecule has 4 unspecified atom stereocenters. The molecule has 0 spiro atoms. The van der Waals surface area contributed by atoms with Gasteiger partial charge in [0, 0.05) is 13.2 Å². The van der Waals surface area contributed by atoms with Crippen LogP contribution in [-0.4, -0.2) is 60.4 Å². The molecular weight excluding hydrogens is 240 g/mol. The molecule has 1 rings (SSSR count). The lowest BCUT2D eigenvalue weighted by atomic mass is 10.0. The Morgan fingerprint density at radius 3 is 1.44 bits per heavy atom. The van der Waals surface area contributed by atoms with Crippen LogP contribution in [0.25, 0.3) is 0 Å². The van der Waals surface area contributed by atoms with Crippen molar-refractivity contribution in [3.63, 3.8) is 0 Å². The third-order valence-electron chi connectivity index (χ3n) is 3.19. The fourth-order valence-corrected chi connectivity index (χ4v) is 2.13. The monoisotopic (exact) mass is 264 g/mol. The fourth-order valence-electron chi connectivity index (χ4n) is 2.13. The van der Waals surface area contributed by atoms with E-state index in [4.69, 9.17) is 18.9 Å². The van der Waals surface area contributed by atoms with Crippen molar-refractivity contribution in [2.75, 3.05) is 26.4 Å². The van der Waals surface area contributed by atoms with Gasteiger partial charge in [-0.1, -0.05) is 0 Å². The van der Waals surface area contributed by atoms with Gasteiger partial charge in [0.25, 0.3) is 0 Å². The number of aliphatic hydroxyl groups excluding tert-OH is 2. The summed E-state index contributed by atoms with van der Waals surface area (Å²) < 4.78 is 22.7. The Morgan fingerprint density at radius 2 is 1.22 bits per heavy atom. The molecule has 0 aromatic carbocycles. The predicted molar refractivity (Wildman–Crippen MR) is 64.0 cm³/mol. The van der Waals surface area contributed by atoms with E-state index in [1.54, 1.807) is 13.8 Å². The minimum Gasteiger partial charge on any atom is -0.394 e. The average Bonchev–Trinajstić information content (AvgIpc) is 2.33. The zero-order chi connectivity index (χ0) is 13.8. The third kappa shape index (κ3) is 2.84. The van der Waals surface area contributed by atoms with Crippen LogP contribution >= 0.6 is 0 Å². The molecule has 0 aromatic heterocycles. The van der Waals surface area contributed by atoms with E-state index in [9.17, 15) is 10.2 Å². The Hall–Kier alpha value is -0.240. The molecule has 0 radical (unpaired) electrons. The Balaban J connectivity index is 2.97. The topological polar surface area (TPSA) is 77.4 Å². The number of aliphatic hydroxyl groups is 2. The molecule has 0 aliphatic carbocycles. The zero-order valence-electron chi connectivity index (χ0n) is 11.5. The van der Waals surface area contributed by atoms with Gasteiger partial charge in [-0.15, -0.1) is 0 Å². The van der Waals surface area contributed by atoms with E-state index in [2.05, 4.69) is 0 Å². The number of ether oxygens (including phenoxy) is 4. The van der Waals surface area contributed by atoms with Crippen LogP contribution in [0.15, 0.2) is 0 Å². The highest BCUT2D eigenvalue weighted by molar-refractivity contribution is 4.91. The lowest BCUT2D eigenvalue weighted by molar-refractivity contribution is -0.458. The summed E-state index contributed by atoms with van der Waals surface area (Å²) in [6.45, 7) is 7.44. The van der Waals surface area contributed by atoms with Gasteiger partial charge in [-0.3, -0.25) is 0 Å². The van der Waals surface area contributed by atoms with Gasteiger partial charge >= 0.3 is 0 Å². The predicted octanol–water partition coefficient (Wildman–Crippen LogP) is 0.260. The molecule has 2 N–H and O–H groups in total. The third-order valence-corrected chi connectivity index (χ3v) is 3.19. The summed E-state index contributed by atoms with van der Waals surface area (Å²) in [6, 6.07) is 0. The molecule has 0 bridgehead atoms. The van der Waals surface area contributed by atoms with Crippen LogP contribution in [0, 0.1) is 0 Å². The molecule has 4 atom stereocenters. The summed E-state index contributed by atoms with van der Waals surface area (Å²) in [6.07, 6.45) is -1.28. The van der Waals surface area contributed by atoms with Gasteiger partial charge in [0.05, 0.1) is 13.2 Å². The quantitative estimate of drug-likeness (QED) is 0.716. The fraction of sp³-hybridized carbons (Fsp3) is 1.00. The molecule has 0 saturated carbocycles. The maximum Gasteiger partial charge on any atom is 0.220 e. The SMILES string of the molecule is CCOC1(C)OC(CO)C(CO)OC1(C)OCC. The minimum atomic E-state index is -1.13. The Kier molecular flexibility index (Phi) is 5.51. The summed E-state index contributed by atoms with van der Waals surface area (Å²) in [7, 11) is 0. The van der Waals surface area contributed by atoms with Crippen LogP contribution in [0.4, 0.5) is 0 Å². The highest BCUT2D eigenvalue weighted by Crippen LogP contribution is 2.39. The standard InChI is InChI=1S/C12H24O6/c1-5-15-11(3)12(4,16-6-2)18-10(8-14)9(7-13)17-11/h9-10,13-14H,5-8H2,1-4H3. The molecule has 1 aliphatic rings. The van der Waals surface area contributed by atoms with Gasteiger partial charge in [0.15, 0.2) is 0 Å². The Morgan fingerprint density at radius 1 is 0.889 bits per heavy atom. The first-order valence-electron chi connectivity index (χ1n) is 6.31. The van der Waals surface area contributed by atoms with E-state index in [0.29, 0.717) is 13.2 Å². The molecule has 1 aliphatic heterocycles. The van der Waals surface area contributed by atoms with Gasteiger partial charge in [-0.05, 0) is 27.7 Å². The van der Waals surface area contributed by atoms with Crippen molar-refractivity contribution in [1.82, 2.24) is 0 Å². The first kappa shape index (κ1) is 15.8. The maximum atomic E-state index is 9.28. The van der Waals surface area contributed by atoms with E-state index in [1.165, 1.54) is 0 Å². The van der Waals surface area contributed by atoms with Crippen LogP contribution < -0.4 is 0 Å². The molecule has 1 saturated heterocycles. The summed E-state index contributed by atoms with van der Waals surface area (Å²) in [5.41, 5.74) is 0. The van der Waals surface area contributed by atoms with Crippen molar-refractivity contribution < 1.29 is 29.2 Å². The first-order chi connectivity index (χ1) is 8.46. The lowest BCUT2D eigenvalue weighted by Crippen LogP contribution is -2.67. The first-order valence-corrected chi connectivity index (χ1v) is 6.31. The second-order valence-corrected chi connectivity index (χ2v) is 4.44. The maximum absolute atomic E-state index is 9.28. The molecule has 1 fully saturated rings. The number of rotatable bonds is 6. The molecular formula is C12H24O6. The van der Waals surface area contributed by atoms with E-state index in [1.807, 2.05) is 13.8 Å². The second kappa shape index (κ2) is 6.27. The van der Waals surface area contributed by atoms with Crippen LogP contribution in [0.2, 0.25) is 0 Å². The van der Waals surface area contributed by atoms with Gasteiger partial charge < -0.3 is 29.2 Å². The highest BCUT2D eigenvalue weighted by atomic mass is 16.8. The van der Waals surface area contributed by atoms with Gasteiger partial charge in [-0.25, -0.2) is 0 Å². The second-order valence-electron chi connectivity index (χ2n) is 4.44. The van der Waals surface area contributed by atoms with Crippen molar-refractivity contribution >= 4 is 0 Å². The van der Waals surface area contributed by atoms with Crippen LogP contribution in [0.5, 0.6) is 0 Å².